The molecule has 0 aliphatic heterocycles. The fourth-order valence-electron chi connectivity index (χ4n) is 1.10. The van der Waals surface area contributed by atoms with Crippen molar-refractivity contribution < 1.29 is 13.2 Å². The molecule has 0 aliphatic carbocycles. The number of sulfonamides is 1. The van der Waals surface area contributed by atoms with Crippen LogP contribution in [0.3, 0.4) is 0 Å². The van der Waals surface area contributed by atoms with E-state index < -0.39 is 10.0 Å². The standard InChI is InChI=1S/C10H14ClNO3S/c1-3-7(2)15-9-5-4-8(11)6-10(9)16(12,13)14/h4-7H,3H2,1-2H3,(H2,12,13,14). The van der Waals surface area contributed by atoms with Crippen LogP contribution < -0.4 is 9.88 Å². The third kappa shape index (κ3) is 3.37. The average molecular weight is 264 g/mol. The first-order chi connectivity index (χ1) is 7.34. The van der Waals surface area contributed by atoms with E-state index in [1.807, 2.05) is 13.8 Å². The van der Waals surface area contributed by atoms with E-state index in [0.717, 1.165) is 6.42 Å². The Bertz CT molecular complexity index is 473. The predicted octanol–water partition coefficient (Wildman–Crippen LogP) is 2.16. The molecule has 0 radical (unpaired) electrons. The Labute approximate surface area is 100 Å². The minimum atomic E-state index is -3.82. The number of primary sulfonamides is 1. The minimum Gasteiger partial charge on any atom is -0.489 e. The highest BCUT2D eigenvalue weighted by molar-refractivity contribution is 7.89. The lowest BCUT2D eigenvalue weighted by molar-refractivity contribution is 0.211. The molecule has 1 atom stereocenters. The summed E-state index contributed by atoms with van der Waals surface area (Å²) in [6, 6.07) is 4.36. The minimum absolute atomic E-state index is 0.0818. The van der Waals surface area contributed by atoms with E-state index in [9.17, 15) is 8.42 Å². The number of rotatable bonds is 4. The molecule has 1 aromatic rings. The van der Waals surface area contributed by atoms with Gasteiger partial charge in [-0.15, -0.1) is 0 Å². The van der Waals surface area contributed by atoms with Crippen molar-refractivity contribution in [2.45, 2.75) is 31.3 Å². The molecular formula is C10H14ClNO3S. The number of halogens is 1. The SMILES string of the molecule is CCC(C)Oc1ccc(Cl)cc1S(N)(=O)=O. The van der Waals surface area contributed by atoms with Crippen molar-refractivity contribution >= 4 is 21.6 Å². The van der Waals surface area contributed by atoms with Crippen molar-refractivity contribution in [3.8, 4) is 5.75 Å². The summed E-state index contributed by atoms with van der Waals surface area (Å²) in [5.74, 6) is 0.237. The van der Waals surface area contributed by atoms with E-state index in [2.05, 4.69) is 0 Å². The zero-order chi connectivity index (χ0) is 12.3. The van der Waals surface area contributed by atoms with Crippen LogP contribution in [-0.2, 0) is 10.0 Å². The van der Waals surface area contributed by atoms with Gasteiger partial charge in [-0.2, -0.15) is 0 Å². The van der Waals surface area contributed by atoms with Crippen molar-refractivity contribution in [2.75, 3.05) is 0 Å². The van der Waals surface area contributed by atoms with Crippen LogP contribution in [0.4, 0.5) is 0 Å². The maximum absolute atomic E-state index is 11.3. The number of benzene rings is 1. The number of hydrogen-bond donors (Lipinski definition) is 1. The third-order valence-corrected chi connectivity index (χ3v) is 3.28. The Morgan fingerprint density at radius 1 is 1.50 bits per heavy atom. The van der Waals surface area contributed by atoms with Crippen LogP contribution in [0, 0.1) is 0 Å². The van der Waals surface area contributed by atoms with Crippen LogP contribution in [0.15, 0.2) is 23.1 Å². The molecule has 0 aromatic heterocycles. The molecule has 0 saturated heterocycles. The highest BCUT2D eigenvalue weighted by Gasteiger charge is 2.17. The van der Waals surface area contributed by atoms with Crippen molar-refractivity contribution in [2.24, 2.45) is 5.14 Å². The summed E-state index contributed by atoms with van der Waals surface area (Å²) in [5, 5.41) is 5.38. The molecule has 16 heavy (non-hydrogen) atoms. The maximum atomic E-state index is 11.3. The van der Waals surface area contributed by atoms with Crippen molar-refractivity contribution in [3.63, 3.8) is 0 Å². The number of ether oxygens (including phenoxy) is 1. The van der Waals surface area contributed by atoms with Crippen LogP contribution in [0.5, 0.6) is 5.75 Å². The summed E-state index contributed by atoms with van der Waals surface area (Å²) in [6.45, 7) is 3.79. The summed E-state index contributed by atoms with van der Waals surface area (Å²) >= 11 is 5.72. The van der Waals surface area contributed by atoms with Gasteiger partial charge in [0.1, 0.15) is 10.6 Å². The van der Waals surface area contributed by atoms with Crippen molar-refractivity contribution in [1.82, 2.24) is 0 Å². The van der Waals surface area contributed by atoms with Gasteiger partial charge in [-0.3, -0.25) is 0 Å². The van der Waals surface area contributed by atoms with E-state index in [0.29, 0.717) is 5.02 Å². The second-order valence-corrected chi connectivity index (χ2v) is 5.44. The Hall–Kier alpha value is -0.780. The van der Waals surface area contributed by atoms with Gasteiger partial charge >= 0.3 is 0 Å². The second kappa shape index (κ2) is 5.03. The lowest BCUT2D eigenvalue weighted by Crippen LogP contribution is -2.17. The highest BCUT2D eigenvalue weighted by atomic mass is 35.5. The zero-order valence-electron chi connectivity index (χ0n) is 9.10. The lowest BCUT2D eigenvalue weighted by Gasteiger charge is -2.15. The Morgan fingerprint density at radius 3 is 2.62 bits per heavy atom. The summed E-state index contributed by atoms with van der Waals surface area (Å²) in [5.41, 5.74) is 0. The molecule has 6 heteroatoms. The topological polar surface area (TPSA) is 69.4 Å². The molecule has 1 aromatic carbocycles. The fraction of sp³-hybridized carbons (Fsp3) is 0.400. The third-order valence-electron chi connectivity index (χ3n) is 2.12. The first-order valence-corrected chi connectivity index (χ1v) is 6.76. The molecule has 0 fully saturated rings. The predicted molar refractivity (Wildman–Crippen MR) is 63.2 cm³/mol. The first kappa shape index (κ1) is 13.3. The molecule has 0 heterocycles. The smallest absolute Gasteiger partial charge is 0.241 e. The summed E-state index contributed by atoms with van der Waals surface area (Å²) in [4.78, 5) is -0.0831. The van der Waals surface area contributed by atoms with Gasteiger partial charge < -0.3 is 4.74 Å². The number of nitrogens with two attached hydrogens (primary N) is 1. The Kier molecular flexibility index (Phi) is 4.18. The quantitative estimate of drug-likeness (QED) is 0.905. The average Bonchev–Trinajstić information content (AvgIpc) is 2.19. The van der Waals surface area contributed by atoms with Gasteiger partial charge in [-0.05, 0) is 31.5 Å². The van der Waals surface area contributed by atoms with Gasteiger partial charge in [0.2, 0.25) is 10.0 Å². The van der Waals surface area contributed by atoms with Gasteiger partial charge in [0.25, 0.3) is 0 Å². The van der Waals surface area contributed by atoms with Crippen LogP contribution in [0.25, 0.3) is 0 Å². The van der Waals surface area contributed by atoms with E-state index in [1.54, 1.807) is 6.07 Å². The Balaban J connectivity index is 3.19. The fourth-order valence-corrected chi connectivity index (χ4v) is 2.03. The molecule has 0 amide bonds. The van der Waals surface area contributed by atoms with Crippen LogP contribution in [0.1, 0.15) is 20.3 Å². The number of hydrogen-bond acceptors (Lipinski definition) is 3. The van der Waals surface area contributed by atoms with Gasteiger partial charge in [-0.25, -0.2) is 13.6 Å². The van der Waals surface area contributed by atoms with Crippen molar-refractivity contribution in [1.29, 1.82) is 0 Å². The van der Waals surface area contributed by atoms with E-state index in [-0.39, 0.29) is 16.7 Å². The Morgan fingerprint density at radius 2 is 2.12 bits per heavy atom. The van der Waals surface area contributed by atoms with E-state index >= 15 is 0 Å². The van der Waals surface area contributed by atoms with Crippen LogP contribution >= 0.6 is 11.6 Å². The molecule has 0 spiro atoms. The molecule has 2 N–H and O–H groups in total. The van der Waals surface area contributed by atoms with Crippen molar-refractivity contribution in [3.05, 3.63) is 23.2 Å². The van der Waals surface area contributed by atoms with Gasteiger partial charge in [-0.1, -0.05) is 18.5 Å². The summed E-state index contributed by atoms with van der Waals surface area (Å²) in [6.07, 6.45) is 0.689. The molecule has 0 bridgehead atoms. The van der Waals surface area contributed by atoms with Crippen LogP contribution in [-0.4, -0.2) is 14.5 Å². The lowest BCUT2D eigenvalue weighted by atomic mass is 10.3. The normalized spacial score (nSPS) is 13.5. The van der Waals surface area contributed by atoms with Gasteiger partial charge in [0.15, 0.2) is 0 Å². The monoisotopic (exact) mass is 263 g/mol. The molecule has 1 rings (SSSR count). The maximum Gasteiger partial charge on any atom is 0.241 e. The molecule has 1 unspecified atom stereocenters. The molecule has 0 aliphatic rings. The molecule has 4 nitrogen and oxygen atoms in total. The zero-order valence-corrected chi connectivity index (χ0v) is 10.7. The largest absolute Gasteiger partial charge is 0.489 e. The highest BCUT2D eigenvalue weighted by Crippen LogP contribution is 2.27. The molecular weight excluding hydrogens is 250 g/mol. The summed E-state index contributed by atoms with van der Waals surface area (Å²) in [7, 11) is -3.82. The summed E-state index contributed by atoms with van der Waals surface area (Å²) < 4.78 is 28.1. The first-order valence-electron chi connectivity index (χ1n) is 4.83. The van der Waals surface area contributed by atoms with Gasteiger partial charge in [0, 0.05) is 5.02 Å². The van der Waals surface area contributed by atoms with Crippen LogP contribution in [0.2, 0.25) is 5.02 Å². The van der Waals surface area contributed by atoms with E-state index in [4.69, 9.17) is 21.5 Å². The van der Waals surface area contributed by atoms with Gasteiger partial charge in [0.05, 0.1) is 6.10 Å². The molecule has 0 saturated carbocycles. The second-order valence-electron chi connectivity index (χ2n) is 3.47. The molecule has 90 valence electrons. The van der Waals surface area contributed by atoms with E-state index in [1.165, 1.54) is 12.1 Å².